The molecule has 1 aromatic carbocycles. The largest absolute Gasteiger partial charge is 0.591 e. The Hall–Kier alpha value is -1.21. The summed E-state index contributed by atoms with van der Waals surface area (Å²) in [6.45, 7) is 7.62. The van der Waals surface area contributed by atoms with Gasteiger partial charge in [-0.3, -0.25) is 0 Å². The maximum Gasteiger partial charge on any atom is 0.591 e. The summed E-state index contributed by atoms with van der Waals surface area (Å²) in [4.78, 5) is 0. The fourth-order valence-corrected chi connectivity index (χ4v) is 1.79. The van der Waals surface area contributed by atoms with Gasteiger partial charge in [-0.1, -0.05) is 0 Å². The molecule has 1 aromatic rings. The first-order valence-electron chi connectivity index (χ1n) is 6.31. The molecule has 0 spiro atoms. The van der Waals surface area contributed by atoms with Crippen LogP contribution in [0.15, 0.2) is 24.3 Å². The van der Waals surface area contributed by atoms with Crippen LogP contribution in [0, 0.1) is 0 Å². The van der Waals surface area contributed by atoms with Gasteiger partial charge in [0.05, 0.1) is 16.8 Å². The van der Waals surface area contributed by atoms with Crippen LogP contribution >= 0.6 is 0 Å². The van der Waals surface area contributed by atoms with Crippen molar-refractivity contribution in [3.05, 3.63) is 29.8 Å². The van der Waals surface area contributed by atoms with Crippen molar-refractivity contribution in [2.45, 2.75) is 45.1 Å². The number of benzene rings is 1. The number of hydrogen-bond donors (Lipinski definition) is 1. The molecule has 0 aliphatic carbocycles. The lowest BCUT2D eigenvalue weighted by atomic mass is 9.90. The van der Waals surface area contributed by atoms with Crippen molar-refractivity contribution in [2.24, 2.45) is 0 Å². The molecule has 20 heavy (non-hydrogen) atoms. The van der Waals surface area contributed by atoms with E-state index in [-0.39, 0.29) is 0 Å². The molecule has 0 aromatic heterocycles. The minimum absolute atomic E-state index is 0.490. The van der Waals surface area contributed by atoms with Crippen molar-refractivity contribution in [1.82, 2.24) is 0 Å². The Kier molecular flexibility index (Phi) is 3.54. The number of anilines is 1. The normalized spacial score (nSPS) is 21.1. The number of halogens is 3. The lowest BCUT2D eigenvalue weighted by Gasteiger charge is -2.32. The summed E-state index contributed by atoms with van der Waals surface area (Å²) in [5.74, 6) is 0. The van der Waals surface area contributed by atoms with E-state index in [1.165, 1.54) is 12.1 Å². The van der Waals surface area contributed by atoms with Crippen LogP contribution in [-0.2, 0) is 15.5 Å². The van der Waals surface area contributed by atoms with Gasteiger partial charge in [0.25, 0.3) is 0 Å². The molecule has 3 nitrogen and oxygen atoms in total. The second-order valence-electron chi connectivity index (χ2n) is 5.81. The molecule has 0 bridgehead atoms. The molecule has 0 amide bonds. The average molecular weight is 287 g/mol. The van der Waals surface area contributed by atoms with Crippen LogP contribution in [-0.4, -0.2) is 18.5 Å². The average Bonchev–Trinajstić information content (AvgIpc) is 2.46. The van der Waals surface area contributed by atoms with Gasteiger partial charge in [0.1, 0.15) is 0 Å². The first-order chi connectivity index (χ1) is 9.01. The van der Waals surface area contributed by atoms with Crippen molar-refractivity contribution in [3.8, 4) is 0 Å². The third-order valence-electron chi connectivity index (χ3n) is 3.75. The number of rotatable bonds is 2. The fraction of sp³-hybridized carbons (Fsp3) is 0.538. The Bertz CT molecular complexity index is 469. The predicted molar refractivity (Wildman–Crippen MR) is 71.1 cm³/mol. The van der Waals surface area contributed by atoms with Crippen LogP contribution in [0.4, 0.5) is 18.9 Å². The summed E-state index contributed by atoms with van der Waals surface area (Å²) >= 11 is 0. The van der Waals surface area contributed by atoms with Crippen molar-refractivity contribution in [3.63, 3.8) is 0 Å². The van der Waals surface area contributed by atoms with Gasteiger partial charge in [0.2, 0.25) is 0 Å². The Morgan fingerprint density at radius 2 is 1.40 bits per heavy atom. The molecule has 0 saturated carbocycles. The molecular weight excluding hydrogens is 270 g/mol. The molecule has 0 atom stereocenters. The molecule has 1 fully saturated rings. The van der Waals surface area contributed by atoms with Gasteiger partial charge >= 0.3 is 13.4 Å². The molecule has 7 heteroatoms. The zero-order valence-corrected chi connectivity index (χ0v) is 11.8. The standard InChI is InChI=1S/C13H17BF3NO2/c1-11(2)12(3,4)20-14(19-11)18-10-7-5-9(6-8-10)13(15,16)17/h5-8,18H,1-4H3. The first kappa shape index (κ1) is 15.2. The first-order valence-corrected chi connectivity index (χ1v) is 6.31. The lowest BCUT2D eigenvalue weighted by Crippen LogP contribution is -2.41. The fourth-order valence-electron chi connectivity index (χ4n) is 1.79. The monoisotopic (exact) mass is 287 g/mol. The maximum absolute atomic E-state index is 12.5. The third kappa shape index (κ3) is 2.93. The van der Waals surface area contributed by atoms with Crippen LogP contribution in [0.5, 0.6) is 0 Å². The highest BCUT2D eigenvalue weighted by Crippen LogP contribution is 2.37. The van der Waals surface area contributed by atoms with Gasteiger partial charge in [0.15, 0.2) is 0 Å². The Morgan fingerprint density at radius 1 is 0.950 bits per heavy atom. The zero-order chi connectivity index (χ0) is 15.2. The smallest absolute Gasteiger partial charge is 0.384 e. The van der Waals surface area contributed by atoms with E-state index >= 15 is 0 Å². The summed E-state index contributed by atoms with van der Waals surface area (Å²) < 4.78 is 48.8. The van der Waals surface area contributed by atoms with Gasteiger partial charge in [-0.05, 0) is 52.0 Å². The second-order valence-corrected chi connectivity index (χ2v) is 5.81. The summed E-state index contributed by atoms with van der Waals surface area (Å²) in [7, 11) is -0.684. The summed E-state index contributed by atoms with van der Waals surface area (Å²) in [5, 5.41) is 2.92. The molecule has 1 N–H and O–H groups in total. The van der Waals surface area contributed by atoms with E-state index in [0.29, 0.717) is 5.69 Å². The molecule has 1 heterocycles. The van der Waals surface area contributed by atoms with Crippen molar-refractivity contribution >= 4 is 12.9 Å². The second kappa shape index (κ2) is 4.67. The molecule has 2 rings (SSSR count). The van der Waals surface area contributed by atoms with Gasteiger partial charge in [-0.15, -0.1) is 0 Å². The number of hydrogen-bond acceptors (Lipinski definition) is 3. The molecule has 1 aliphatic rings. The highest BCUT2D eigenvalue weighted by molar-refractivity contribution is 6.49. The molecule has 0 unspecified atom stereocenters. The lowest BCUT2D eigenvalue weighted by molar-refractivity contribution is -0.137. The van der Waals surface area contributed by atoms with E-state index in [4.69, 9.17) is 9.31 Å². The SMILES string of the molecule is CC1(C)OB(Nc2ccc(C(F)(F)F)cc2)OC1(C)C. The summed E-state index contributed by atoms with van der Waals surface area (Å²) in [6.07, 6.45) is -4.33. The third-order valence-corrected chi connectivity index (χ3v) is 3.75. The van der Waals surface area contributed by atoms with Crippen LogP contribution in [0.3, 0.4) is 0 Å². The Balaban J connectivity index is 2.06. The highest BCUT2D eigenvalue weighted by atomic mass is 19.4. The minimum Gasteiger partial charge on any atom is -0.384 e. The number of nitrogens with one attached hydrogen (secondary N) is 1. The zero-order valence-electron chi connectivity index (χ0n) is 11.8. The van der Waals surface area contributed by atoms with Crippen molar-refractivity contribution < 1.29 is 22.5 Å². The highest BCUT2D eigenvalue weighted by Gasteiger charge is 2.52. The summed E-state index contributed by atoms with van der Waals surface area (Å²) in [5.41, 5.74) is -1.15. The molecule has 1 saturated heterocycles. The minimum atomic E-state index is -4.33. The van der Waals surface area contributed by atoms with E-state index < -0.39 is 30.2 Å². The van der Waals surface area contributed by atoms with Crippen LogP contribution in [0.25, 0.3) is 0 Å². The van der Waals surface area contributed by atoms with Crippen LogP contribution < -0.4 is 5.23 Å². The molecule has 0 radical (unpaired) electrons. The van der Waals surface area contributed by atoms with E-state index in [2.05, 4.69) is 5.23 Å². The van der Waals surface area contributed by atoms with E-state index in [1.54, 1.807) is 0 Å². The molecule has 1 aliphatic heterocycles. The van der Waals surface area contributed by atoms with Crippen LogP contribution in [0.1, 0.15) is 33.3 Å². The topological polar surface area (TPSA) is 30.5 Å². The van der Waals surface area contributed by atoms with Crippen molar-refractivity contribution in [1.29, 1.82) is 0 Å². The van der Waals surface area contributed by atoms with Crippen LogP contribution in [0.2, 0.25) is 0 Å². The van der Waals surface area contributed by atoms with E-state index in [0.717, 1.165) is 12.1 Å². The van der Waals surface area contributed by atoms with Gasteiger partial charge in [0, 0.05) is 5.69 Å². The van der Waals surface area contributed by atoms with E-state index in [9.17, 15) is 13.2 Å². The van der Waals surface area contributed by atoms with Gasteiger partial charge in [-0.25, -0.2) is 0 Å². The van der Waals surface area contributed by atoms with Gasteiger partial charge < -0.3 is 14.5 Å². The molecule has 110 valence electrons. The Labute approximate surface area is 116 Å². The van der Waals surface area contributed by atoms with E-state index in [1.807, 2.05) is 27.7 Å². The Morgan fingerprint density at radius 3 is 1.80 bits per heavy atom. The quantitative estimate of drug-likeness (QED) is 0.841. The van der Waals surface area contributed by atoms with Crippen molar-refractivity contribution in [2.75, 3.05) is 5.23 Å². The maximum atomic E-state index is 12.5. The predicted octanol–water partition coefficient (Wildman–Crippen LogP) is 3.71. The number of alkyl halides is 3. The van der Waals surface area contributed by atoms with Gasteiger partial charge in [-0.2, -0.15) is 13.2 Å². The summed E-state index contributed by atoms with van der Waals surface area (Å²) in [6, 6.07) is 4.75. The molecular formula is C13H17BF3NO2.